The van der Waals surface area contributed by atoms with Gasteiger partial charge in [-0.05, 0) is 46.8 Å². The monoisotopic (exact) mass is 436 g/mol. The van der Waals surface area contributed by atoms with Crippen LogP contribution in [0.3, 0.4) is 0 Å². The van der Waals surface area contributed by atoms with Crippen LogP contribution in [0.2, 0.25) is 0 Å². The minimum Gasteiger partial charge on any atom is -0.335 e. The molecule has 0 N–H and O–H groups in total. The molecule has 1 fully saturated rings. The van der Waals surface area contributed by atoms with Gasteiger partial charge in [-0.25, -0.2) is 4.68 Å². The standard InChI is InChI=1S/C18H21BrN4O2S/c19-14-11-16(26-12-14)18(25)22-7-4-21(5-8-22)6-9-23-17(24)10-13-2-1-3-15(13)20-23/h10-12H,1-9H2. The lowest BCUT2D eigenvalue weighted by Crippen LogP contribution is -2.49. The fraction of sp³-hybridized carbons (Fsp3) is 0.500. The van der Waals surface area contributed by atoms with Crippen molar-refractivity contribution < 1.29 is 4.79 Å². The summed E-state index contributed by atoms with van der Waals surface area (Å²) in [6, 6.07) is 3.64. The Balaban J connectivity index is 1.30. The van der Waals surface area contributed by atoms with E-state index >= 15 is 0 Å². The van der Waals surface area contributed by atoms with E-state index in [1.807, 2.05) is 16.3 Å². The van der Waals surface area contributed by atoms with E-state index in [2.05, 4.69) is 25.9 Å². The quantitative estimate of drug-likeness (QED) is 0.735. The van der Waals surface area contributed by atoms with E-state index < -0.39 is 0 Å². The van der Waals surface area contributed by atoms with E-state index in [1.54, 1.807) is 10.7 Å². The molecule has 0 unspecified atom stereocenters. The normalized spacial score (nSPS) is 17.5. The van der Waals surface area contributed by atoms with E-state index in [0.29, 0.717) is 6.54 Å². The third-order valence-corrected chi connectivity index (χ3v) is 6.77. The zero-order valence-corrected chi connectivity index (χ0v) is 16.9. The van der Waals surface area contributed by atoms with Crippen molar-refractivity contribution in [3.8, 4) is 0 Å². The van der Waals surface area contributed by atoms with Crippen LogP contribution >= 0.6 is 27.3 Å². The molecule has 8 heteroatoms. The number of fused-ring (bicyclic) bond motifs is 1. The molecular weight excluding hydrogens is 416 g/mol. The number of amides is 1. The largest absolute Gasteiger partial charge is 0.335 e. The van der Waals surface area contributed by atoms with E-state index in [0.717, 1.165) is 72.6 Å². The van der Waals surface area contributed by atoms with Gasteiger partial charge in [-0.2, -0.15) is 5.10 Å². The highest BCUT2D eigenvalue weighted by Gasteiger charge is 2.23. The maximum Gasteiger partial charge on any atom is 0.267 e. The maximum atomic E-state index is 12.5. The van der Waals surface area contributed by atoms with Crippen molar-refractivity contribution in [2.75, 3.05) is 32.7 Å². The van der Waals surface area contributed by atoms with Crippen molar-refractivity contribution in [2.24, 2.45) is 0 Å². The molecule has 2 aromatic rings. The van der Waals surface area contributed by atoms with Gasteiger partial charge in [0.15, 0.2) is 0 Å². The Hall–Kier alpha value is -1.51. The summed E-state index contributed by atoms with van der Waals surface area (Å²) in [5, 5.41) is 6.47. The summed E-state index contributed by atoms with van der Waals surface area (Å²) in [5.41, 5.74) is 2.21. The first-order valence-corrected chi connectivity index (χ1v) is 10.6. The Morgan fingerprint density at radius 1 is 1.15 bits per heavy atom. The van der Waals surface area contributed by atoms with Crippen molar-refractivity contribution in [1.82, 2.24) is 19.6 Å². The number of nitrogens with zero attached hydrogens (tertiary/aromatic N) is 4. The first-order valence-electron chi connectivity index (χ1n) is 8.96. The van der Waals surface area contributed by atoms with Crippen molar-refractivity contribution in [3.63, 3.8) is 0 Å². The lowest BCUT2D eigenvalue weighted by Gasteiger charge is -2.34. The SMILES string of the molecule is O=C(c1cc(Br)cs1)N1CCN(CCn2nc3c(cc2=O)CCC3)CC1. The van der Waals surface area contributed by atoms with E-state index in [-0.39, 0.29) is 11.5 Å². The highest BCUT2D eigenvalue weighted by molar-refractivity contribution is 9.10. The molecule has 6 nitrogen and oxygen atoms in total. The average Bonchev–Trinajstić information content (AvgIpc) is 3.28. The van der Waals surface area contributed by atoms with Crippen LogP contribution < -0.4 is 5.56 Å². The third-order valence-electron chi connectivity index (χ3n) is 5.09. The van der Waals surface area contributed by atoms with Gasteiger partial charge in [-0.1, -0.05) is 0 Å². The summed E-state index contributed by atoms with van der Waals surface area (Å²) in [6.45, 7) is 4.51. The molecule has 0 saturated carbocycles. The Morgan fingerprint density at radius 3 is 2.69 bits per heavy atom. The second kappa shape index (κ2) is 7.62. The zero-order chi connectivity index (χ0) is 18.1. The molecule has 1 aliphatic carbocycles. The second-order valence-electron chi connectivity index (χ2n) is 6.79. The Kier molecular flexibility index (Phi) is 5.24. The number of aromatic nitrogens is 2. The highest BCUT2D eigenvalue weighted by Crippen LogP contribution is 2.22. The molecule has 0 aromatic carbocycles. The van der Waals surface area contributed by atoms with Crippen LogP contribution in [0.1, 0.15) is 27.3 Å². The number of hydrogen-bond acceptors (Lipinski definition) is 5. The second-order valence-corrected chi connectivity index (χ2v) is 8.62. The molecular formula is C18H21BrN4O2S. The van der Waals surface area contributed by atoms with Gasteiger partial charge in [-0.3, -0.25) is 14.5 Å². The van der Waals surface area contributed by atoms with E-state index in [9.17, 15) is 9.59 Å². The predicted molar refractivity (Wildman–Crippen MR) is 105 cm³/mol. The van der Waals surface area contributed by atoms with Crippen molar-refractivity contribution in [3.05, 3.63) is 48.5 Å². The zero-order valence-electron chi connectivity index (χ0n) is 14.5. The summed E-state index contributed by atoms with van der Waals surface area (Å²) in [6.07, 6.45) is 3.06. The Labute approximate surface area is 164 Å². The molecule has 2 aliphatic rings. The van der Waals surface area contributed by atoms with Gasteiger partial charge in [0, 0.05) is 48.6 Å². The number of piperazine rings is 1. The number of halogens is 1. The van der Waals surface area contributed by atoms with Crippen LogP contribution in [0.4, 0.5) is 0 Å². The van der Waals surface area contributed by atoms with Crippen molar-refractivity contribution in [2.45, 2.75) is 25.8 Å². The highest BCUT2D eigenvalue weighted by atomic mass is 79.9. The predicted octanol–water partition coefficient (Wildman–Crippen LogP) is 2.01. The molecule has 3 heterocycles. The number of aryl methyl sites for hydroxylation is 2. The topological polar surface area (TPSA) is 58.4 Å². The van der Waals surface area contributed by atoms with Crippen LogP contribution in [-0.4, -0.2) is 58.2 Å². The van der Waals surface area contributed by atoms with Crippen molar-refractivity contribution >= 4 is 33.2 Å². The molecule has 26 heavy (non-hydrogen) atoms. The van der Waals surface area contributed by atoms with Crippen LogP contribution in [0, 0.1) is 0 Å². The summed E-state index contributed by atoms with van der Waals surface area (Å²) >= 11 is 4.87. The smallest absolute Gasteiger partial charge is 0.267 e. The number of carbonyl (C=O) groups is 1. The van der Waals surface area contributed by atoms with E-state index in [1.165, 1.54) is 11.3 Å². The van der Waals surface area contributed by atoms with Crippen LogP contribution in [0.25, 0.3) is 0 Å². The molecule has 138 valence electrons. The Bertz CT molecular complexity index is 870. The van der Waals surface area contributed by atoms with Gasteiger partial charge in [0.1, 0.15) is 0 Å². The number of hydrogen-bond donors (Lipinski definition) is 0. The minimum atomic E-state index is 0.00253. The van der Waals surface area contributed by atoms with E-state index in [4.69, 9.17) is 0 Å². The lowest BCUT2D eigenvalue weighted by atomic mass is 10.2. The molecule has 0 bridgehead atoms. The van der Waals surface area contributed by atoms with Crippen LogP contribution in [0.5, 0.6) is 0 Å². The number of carbonyl (C=O) groups excluding carboxylic acids is 1. The van der Waals surface area contributed by atoms with Crippen molar-refractivity contribution in [1.29, 1.82) is 0 Å². The Morgan fingerprint density at radius 2 is 1.96 bits per heavy atom. The molecule has 0 spiro atoms. The molecule has 2 aromatic heterocycles. The van der Waals surface area contributed by atoms with Crippen LogP contribution in [-0.2, 0) is 19.4 Å². The number of rotatable bonds is 4. The fourth-order valence-electron chi connectivity index (χ4n) is 3.59. The summed E-state index contributed by atoms with van der Waals surface area (Å²) < 4.78 is 2.56. The van der Waals surface area contributed by atoms with Gasteiger partial charge in [-0.15, -0.1) is 11.3 Å². The first-order chi connectivity index (χ1) is 12.6. The van der Waals surface area contributed by atoms with Gasteiger partial charge in [0.05, 0.1) is 17.1 Å². The van der Waals surface area contributed by atoms with Gasteiger partial charge in [0.2, 0.25) is 0 Å². The van der Waals surface area contributed by atoms with Gasteiger partial charge >= 0.3 is 0 Å². The first kappa shape index (κ1) is 17.9. The molecule has 1 saturated heterocycles. The number of thiophene rings is 1. The molecule has 0 atom stereocenters. The molecule has 1 amide bonds. The molecule has 1 aliphatic heterocycles. The lowest BCUT2D eigenvalue weighted by molar-refractivity contribution is 0.0636. The molecule has 4 rings (SSSR count). The summed E-state index contributed by atoms with van der Waals surface area (Å²) in [4.78, 5) is 29.7. The minimum absolute atomic E-state index is 0.00253. The van der Waals surface area contributed by atoms with Gasteiger partial charge < -0.3 is 4.90 Å². The fourth-order valence-corrected chi connectivity index (χ4v) is 4.98. The van der Waals surface area contributed by atoms with Crippen LogP contribution in [0.15, 0.2) is 26.8 Å². The summed E-state index contributed by atoms with van der Waals surface area (Å²) in [7, 11) is 0. The molecule has 0 radical (unpaired) electrons. The summed E-state index contributed by atoms with van der Waals surface area (Å²) in [5.74, 6) is 0.108. The average molecular weight is 437 g/mol. The third kappa shape index (κ3) is 3.77. The maximum absolute atomic E-state index is 12.5. The van der Waals surface area contributed by atoms with Gasteiger partial charge in [0.25, 0.3) is 11.5 Å².